The van der Waals surface area contributed by atoms with Gasteiger partial charge in [0, 0.05) is 12.1 Å². The highest BCUT2D eigenvalue weighted by molar-refractivity contribution is 6.03. The van der Waals surface area contributed by atoms with Crippen LogP contribution in [0.15, 0.2) is 72.8 Å². The lowest BCUT2D eigenvalue weighted by Crippen LogP contribution is -2.09. The molecule has 158 valence electrons. The first kappa shape index (κ1) is 21.6. The summed E-state index contributed by atoms with van der Waals surface area (Å²) in [7, 11) is 1.55. The molecule has 0 saturated heterocycles. The summed E-state index contributed by atoms with van der Waals surface area (Å²) in [4.78, 5) is 22.7. The molecule has 0 aliphatic heterocycles. The van der Waals surface area contributed by atoms with Crippen LogP contribution in [0.3, 0.4) is 0 Å². The molecule has 1 N–H and O–H groups in total. The number of hydrogen-bond acceptors (Lipinski definition) is 5. The van der Waals surface area contributed by atoms with Crippen molar-refractivity contribution in [1.29, 1.82) is 0 Å². The molecule has 0 saturated carbocycles. The number of nitrogens with one attached hydrogen (secondary N) is 1. The number of benzene rings is 3. The van der Waals surface area contributed by atoms with Crippen molar-refractivity contribution in [1.82, 2.24) is 0 Å². The summed E-state index contributed by atoms with van der Waals surface area (Å²) in [6, 6.07) is 19.3. The third kappa shape index (κ3) is 5.70. The molecule has 0 aliphatic rings. The van der Waals surface area contributed by atoms with Gasteiger partial charge in [-0.15, -0.1) is 0 Å². The van der Waals surface area contributed by atoms with Gasteiger partial charge in [0.15, 0.2) is 11.5 Å². The number of nitro benzene ring substituents is 1. The average Bonchev–Trinajstić information content (AvgIpc) is 2.77. The Hall–Kier alpha value is -4.13. The van der Waals surface area contributed by atoms with Gasteiger partial charge in [0.25, 0.3) is 5.69 Å². The number of carbonyl (C=O) groups excluding carboxylic acids is 1. The van der Waals surface area contributed by atoms with E-state index in [0.717, 1.165) is 16.7 Å². The normalized spacial score (nSPS) is 10.6. The van der Waals surface area contributed by atoms with E-state index in [1.807, 2.05) is 31.2 Å². The topological polar surface area (TPSA) is 90.7 Å². The monoisotopic (exact) mass is 418 g/mol. The van der Waals surface area contributed by atoms with Gasteiger partial charge < -0.3 is 14.8 Å². The summed E-state index contributed by atoms with van der Waals surface area (Å²) in [6.45, 7) is 2.44. The Bertz CT molecular complexity index is 1120. The molecular weight excluding hydrogens is 396 g/mol. The summed E-state index contributed by atoms with van der Waals surface area (Å²) in [5.74, 6) is 0.648. The van der Waals surface area contributed by atoms with E-state index in [9.17, 15) is 14.9 Å². The Balaban J connectivity index is 1.68. The van der Waals surface area contributed by atoms with E-state index in [2.05, 4.69) is 5.32 Å². The van der Waals surface area contributed by atoms with Crippen molar-refractivity contribution in [2.75, 3.05) is 12.4 Å². The minimum Gasteiger partial charge on any atom is -0.493 e. The first-order chi connectivity index (χ1) is 15.0. The van der Waals surface area contributed by atoms with Crippen LogP contribution in [0.2, 0.25) is 0 Å². The molecule has 7 nitrogen and oxygen atoms in total. The molecule has 0 spiro atoms. The molecule has 0 radical (unpaired) electrons. The lowest BCUT2D eigenvalue weighted by atomic mass is 10.1. The number of ether oxygens (including phenoxy) is 2. The molecule has 0 aliphatic carbocycles. The predicted molar refractivity (Wildman–Crippen MR) is 119 cm³/mol. The summed E-state index contributed by atoms with van der Waals surface area (Å²) in [6.07, 6.45) is 2.90. The largest absolute Gasteiger partial charge is 0.493 e. The smallest absolute Gasteiger partial charge is 0.292 e. The number of amides is 1. The molecule has 0 heterocycles. The molecule has 0 bridgehead atoms. The van der Waals surface area contributed by atoms with Crippen LogP contribution >= 0.6 is 0 Å². The maximum absolute atomic E-state index is 12.2. The van der Waals surface area contributed by atoms with Crippen molar-refractivity contribution in [3.05, 3.63) is 99.6 Å². The standard InChI is InChI=1S/C24H22N2O5/c1-17-7-3-4-8-19(17)16-31-22-13-11-18(15-23(22)30-2)12-14-24(27)25-20-9-5-6-10-21(20)26(28)29/h3-15H,16H2,1-2H3,(H,25,27)/b14-12+. The molecule has 1 amide bonds. The number of para-hydroxylation sites is 2. The molecular formula is C24H22N2O5. The van der Waals surface area contributed by atoms with Crippen LogP contribution in [-0.4, -0.2) is 17.9 Å². The van der Waals surface area contributed by atoms with Crippen LogP contribution in [0, 0.1) is 17.0 Å². The molecule has 0 atom stereocenters. The Labute approximate surface area is 180 Å². The number of nitrogens with zero attached hydrogens (tertiary/aromatic N) is 1. The lowest BCUT2D eigenvalue weighted by Gasteiger charge is -2.12. The molecule has 7 heteroatoms. The van der Waals surface area contributed by atoms with Gasteiger partial charge in [-0.2, -0.15) is 0 Å². The van der Waals surface area contributed by atoms with E-state index in [1.54, 1.807) is 43.5 Å². The second kappa shape index (κ2) is 10.1. The Morgan fingerprint density at radius 2 is 1.81 bits per heavy atom. The van der Waals surface area contributed by atoms with Crippen molar-refractivity contribution in [3.63, 3.8) is 0 Å². The Morgan fingerprint density at radius 1 is 1.06 bits per heavy atom. The van der Waals surface area contributed by atoms with Gasteiger partial charge in [-0.1, -0.05) is 42.5 Å². The minimum absolute atomic E-state index is 0.139. The second-order valence-electron chi connectivity index (χ2n) is 6.72. The van der Waals surface area contributed by atoms with Crippen LogP contribution in [0.5, 0.6) is 11.5 Å². The van der Waals surface area contributed by atoms with Crippen molar-refractivity contribution < 1.29 is 19.2 Å². The number of aryl methyl sites for hydroxylation is 1. The molecule has 0 unspecified atom stereocenters. The fraction of sp³-hybridized carbons (Fsp3) is 0.125. The molecule has 3 rings (SSSR count). The van der Waals surface area contributed by atoms with Crippen LogP contribution in [-0.2, 0) is 11.4 Å². The quantitative estimate of drug-likeness (QED) is 0.311. The predicted octanol–water partition coefficient (Wildman–Crippen LogP) is 5.14. The fourth-order valence-electron chi connectivity index (χ4n) is 2.92. The van der Waals surface area contributed by atoms with Crippen molar-refractivity contribution in [2.45, 2.75) is 13.5 Å². The van der Waals surface area contributed by atoms with Crippen LogP contribution < -0.4 is 14.8 Å². The molecule has 3 aromatic carbocycles. The van der Waals surface area contributed by atoms with E-state index in [0.29, 0.717) is 18.1 Å². The third-order valence-electron chi connectivity index (χ3n) is 4.62. The van der Waals surface area contributed by atoms with Crippen LogP contribution in [0.1, 0.15) is 16.7 Å². The van der Waals surface area contributed by atoms with Gasteiger partial charge in [-0.25, -0.2) is 0 Å². The van der Waals surface area contributed by atoms with E-state index in [1.165, 1.54) is 18.2 Å². The average molecular weight is 418 g/mol. The maximum Gasteiger partial charge on any atom is 0.292 e. The highest BCUT2D eigenvalue weighted by Gasteiger charge is 2.13. The highest BCUT2D eigenvalue weighted by atomic mass is 16.6. The lowest BCUT2D eigenvalue weighted by molar-refractivity contribution is -0.383. The van der Waals surface area contributed by atoms with Crippen LogP contribution in [0.25, 0.3) is 6.08 Å². The second-order valence-corrected chi connectivity index (χ2v) is 6.72. The molecule has 3 aromatic rings. The number of carbonyl (C=O) groups is 1. The Kier molecular flexibility index (Phi) is 7.01. The highest BCUT2D eigenvalue weighted by Crippen LogP contribution is 2.30. The SMILES string of the molecule is COc1cc(/C=C/C(=O)Nc2ccccc2[N+](=O)[O-])ccc1OCc1ccccc1C. The maximum atomic E-state index is 12.2. The Morgan fingerprint density at radius 3 is 2.55 bits per heavy atom. The third-order valence-corrected chi connectivity index (χ3v) is 4.62. The molecule has 0 fully saturated rings. The number of hydrogen-bond donors (Lipinski definition) is 1. The van der Waals surface area contributed by atoms with E-state index in [4.69, 9.17) is 9.47 Å². The number of methoxy groups -OCH3 is 1. The van der Waals surface area contributed by atoms with Gasteiger partial charge >= 0.3 is 0 Å². The van der Waals surface area contributed by atoms with E-state index in [-0.39, 0.29) is 11.4 Å². The van der Waals surface area contributed by atoms with Crippen molar-refractivity contribution in [2.24, 2.45) is 0 Å². The zero-order chi connectivity index (χ0) is 22.2. The van der Waals surface area contributed by atoms with Gasteiger partial charge in [0.1, 0.15) is 12.3 Å². The fourth-order valence-corrected chi connectivity index (χ4v) is 2.92. The summed E-state index contributed by atoms with van der Waals surface area (Å²) in [5.41, 5.74) is 2.92. The molecule has 31 heavy (non-hydrogen) atoms. The van der Waals surface area contributed by atoms with Crippen molar-refractivity contribution in [3.8, 4) is 11.5 Å². The molecule has 0 aromatic heterocycles. The van der Waals surface area contributed by atoms with Gasteiger partial charge in [0.2, 0.25) is 5.91 Å². The minimum atomic E-state index is -0.542. The number of anilines is 1. The van der Waals surface area contributed by atoms with E-state index >= 15 is 0 Å². The van der Waals surface area contributed by atoms with Gasteiger partial charge in [0.05, 0.1) is 12.0 Å². The van der Waals surface area contributed by atoms with E-state index < -0.39 is 10.8 Å². The first-order valence-electron chi connectivity index (χ1n) is 9.56. The number of rotatable bonds is 8. The zero-order valence-electron chi connectivity index (χ0n) is 17.2. The summed E-state index contributed by atoms with van der Waals surface area (Å²) < 4.78 is 11.3. The van der Waals surface area contributed by atoms with Crippen LogP contribution in [0.4, 0.5) is 11.4 Å². The number of nitro groups is 1. The summed E-state index contributed by atoms with van der Waals surface area (Å²) >= 11 is 0. The van der Waals surface area contributed by atoms with Gasteiger partial charge in [-0.05, 0) is 47.9 Å². The summed E-state index contributed by atoms with van der Waals surface area (Å²) in [5, 5.41) is 13.6. The first-order valence-corrected chi connectivity index (χ1v) is 9.56. The van der Waals surface area contributed by atoms with Gasteiger partial charge in [-0.3, -0.25) is 14.9 Å². The zero-order valence-corrected chi connectivity index (χ0v) is 17.2. The van der Waals surface area contributed by atoms with Crippen molar-refractivity contribution >= 4 is 23.4 Å².